The highest BCUT2D eigenvalue weighted by molar-refractivity contribution is 14.0. The Kier molecular flexibility index (Phi) is 10.7. The molecular formula is C20H34IN3O4S. The van der Waals surface area contributed by atoms with Gasteiger partial charge in [0.2, 0.25) is 0 Å². The van der Waals surface area contributed by atoms with E-state index in [-0.39, 0.29) is 29.7 Å². The third-order valence-electron chi connectivity index (χ3n) is 4.75. The second kappa shape index (κ2) is 11.9. The SMILES string of the molecule is CCNC(=NCc1cccc(OCCCOC)c1)N1CCS(=O)(=O)C(C)(C)C1.I. The van der Waals surface area contributed by atoms with Gasteiger partial charge in [-0.25, -0.2) is 13.4 Å². The van der Waals surface area contributed by atoms with E-state index in [4.69, 9.17) is 14.5 Å². The monoisotopic (exact) mass is 539 g/mol. The molecule has 9 heteroatoms. The highest BCUT2D eigenvalue weighted by atomic mass is 127. The predicted octanol–water partition coefficient (Wildman–Crippen LogP) is 2.69. The number of ether oxygens (including phenoxy) is 2. The van der Waals surface area contributed by atoms with Gasteiger partial charge in [0.25, 0.3) is 0 Å². The average Bonchev–Trinajstić information content (AvgIpc) is 2.65. The van der Waals surface area contributed by atoms with Crippen molar-refractivity contribution in [1.29, 1.82) is 0 Å². The van der Waals surface area contributed by atoms with Gasteiger partial charge in [0, 0.05) is 39.8 Å². The van der Waals surface area contributed by atoms with Gasteiger partial charge in [-0.1, -0.05) is 12.1 Å². The molecule has 1 aliphatic heterocycles. The maximum Gasteiger partial charge on any atom is 0.194 e. The fourth-order valence-corrected chi connectivity index (χ4v) is 4.41. The van der Waals surface area contributed by atoms with Gasteiger partial charge >= 0.3 is 0 Å². The Morgan fingerprint density at radius 1 is 1.31 bits per heavy atom. The lowest BCUT2D eigenvalue weighted by atomic mass is 10.2. The van der Waals surface area contributed by atoms with Crippen molar-refractivity contribution in [3.8, 4) is 5.75 Å². The van der Waals surface area contributed by atoms with Crippen molar-refractivity contribution < 1.29 is 17.9 Å². The zero-order valence-corrected chi connectivity index (χ0v) is 21.0. The maximum absolute atomic E-state index is 12.3. The summed E-state index contributed by atoms with van der Waals surface area (Å²) in [5.41, 5.74) is 1.04. The van der Waals surface area contributed by atoms with Crippen molar-refractivity contribution in [3.63, 3.8) is 0 Å². The van der Waals surface area contributed by atoms with Crippen LogP contribution in [0.3, 0.4) is 0 Å². The Morgan fingerprint density at radius 3 is 2.72 bits per heavy atom. The number of nitrogens with zero attached hydrogens (tertiary/aromatic N) is 2. The number of hydrogen-bond acceptors (Lipinski definition) is 5. The van der Waals surface area contributed by atoms with Crippen LogP contribution in [0.25, 0.3) is 0 Å². The summed E-state index contributed by atoms with van der Waals surface area (Å²) in [4.78, 5) is 6.77. The molecule has 2 rings (SSSR count). The van der Waals surface area contributed by atoms with E-state index in [0.29, 0.717) is 32.8 Å². The topological polar surface area (TPSA) is 80.2 Å². The summed E-state index contributed by atoms with van der Waals surface area (Å²) in [6.45, 7) is 8.98. The molecule has 0 saturated carbocycles. The van der Waals surface area contributed by atoms with Crippen molar-refractivity contribution >= 4 is 39.8 Å². The van der Waals surface area contributed by atoms with E-state index >= 15 is 0 Å². The van der Waals surface area contributed by atoms with Crippen molar-refractivity contribution in [2.45, 2.75) is 38.5 Å². The van der Waals surface area contributed by atoms with Crippen LogP contribution in [0.4, 0.5) is 0 Å². The molecule has 1 saturated heterocycles. The first kappa shape index (κ1) is 26.0. The Hall–Kier alpha value is -1.07. The molecule has 0 amide bonds. The molecule has 7 nitrogen and oxygen atoms in total. The molecule has 1 fully saturated rings. The molecular weight excluding hydrogens is 505 g/mol. The van der Waals surface area contributed by atoms with Crippen molar-refractivity contribution in [3.05, 3.63) is 29.8 Å². The van der Waals surface area contributed by atoms with Crippen LogP contribution < -0.4 is 10.1 Å². The zero-order valence-electron chi connectivity index (χ0n) is 17.8. The van der Waals surface area contributed by atoms with E-state index in [1.54, 1.807) is 21.0 Å². The summed E-state index contributed by atoms with van der Waals surface area (Å²) in [5.74, 6) is 1.71. The summed E-state index contributed by atoms with van der Waals surface area (Å²) < 4.78 is 34.5. The molecule has 0 unspecified atom stereocenters. The zero-order chi connectivity index (χ0) is 20.6. The van der Waals surface area contributed by atoms with Crippen molar-refractivity contribution in [2.75, 3.05) is 45.7 Å². The number of halogens is 1. The minimum absolute atomic E-state index is 0. The minimum Gasteiger partial charge on any atom is -0.493 e. The van der Waals surface area contributed by atoms with Gasteiger partial charge in [-0.05, 0) is 38.5 Å². The van der Waals surface area contributed by atoms with Gasteiger partial charge in [-0.3, -0.25) is 0 Å². The van der Waals surface area contributed by atoms with E-state index < -0.39 is 14.6 Å². The second-order valence-corrected chi connectivity index (χ2v) is 10.3. The average molecular weight is 539 g/mol. The molecule has 0 atom stereocenters. The number of rotatable bonds is 8. The van der Waals surface area contributed by atoms with E-state index in [1.807, 2.05) is 36.1 Å². The summed E-state index contributed by atoms with van der Waals surface area (Å²) in [6, 6.07) is 7.90. The Labute approximate surface area is 192 Å². The number of methoxy groups -OCH3 is 1. The molecule has 0 spiro atoms. The van der Waals surface area contributed by atoms with Crippen LogP contribution in [0.1, 0.15) is 32.8 Å². The van der Waals surface area contributed by atoms with Gasteiger partial charge in [0.1, 0.15) is 5.75 Å². The summed E-state index contributed by atoms with van der Waals surface area (Å²) >= 11 is 0. The standard InChI is InChI=1S/C20H33N3O4S.HI/c1-5-21-19(23-10-13-28(24,25)20(2,3)16-23)22-15-17-8-6-9-18(14-17)27-12-7-11-26-4;/h6,8-9,14H,5,7,10-13,15-16H2,1-4H3,(H,21,22);1H. The van der Waals surface area contributed by atoms with Crippen LogP contribution in [0, 0.1) is 0 Å². The van der Waals surface area contributed by atoms with Crippen LogP contribution in [0.5, 0.6) is 5.75 Å². The minimum atomic E-state index is -3.08. The lowest BCUT2D eigenvalue weighted by molar-refractivity contribution is 0.172. The number of guanidine groups is 1. The molecule has 0 aromatic heterocycles. The number of hydrogen-bond donors (Lipinski definition) is 1. The number of benzene rings is 1. The first-order valence-electron chi connectivity index (χ1n) is 9.75. The van der Waals surface area contributed by atoms with Crippen molar-refractivity contribution in [2.24, 2.45) is 4.99 Å². The van der Waals surface area contributed by atoms with Crippen LogP contribution in [0.15, 0.2) is 29.3 Å². The highest BCUT2D eigenvalue weighted by Gasteiger charge is 2.40. The molecule has 1 aromatic carbocycles. The Balaban J connectivity index is 0.00000420. The molecule has 0 aliphatic carbocycles. The highest BCUT2D eigenvalue weighted by Crippen LogP contribution is 2.24. The van der Waals surface area contributed by atoms with E-state index in [2.05, 4.69) is 5.32 Å². The lowest BCUT2D eigenvalue weighted by Crippen LogP contribution is -2.57. The van der Waals surface area contributed by atoms with E-state index in [9.17, 15) is 8.42 Å². The third-order valence-corrected chi connectivity index (χ3v) is 7.28. The molecule has 1 N–H and O–H groups in total. The number of aliphatic imine (C=N–C) groups is 1. The smallest absolute Gasteiger partial charge is 0.194 e. The second-order valence-electron chi connectivity index (χ2n) is 7.51. The largest absolute Gasteiger partial charge is 0.493 e. The first-order valence-corrected chi connectivity index (χ1v) is 11.4. The van der Waals surface area contributed by atoms with Crippen LogP contribution in [-0.4, -0.2) is 69.7 Å². The first-order chi connectivity index (χ1) is 13.3. The van der Waals surface area contributed by atoms with E-state index in [1.165, 1.54) is 0 Å². The predicted molar refractivity (Wildman–Crippen MR) is 128 cm³/mol. The van der Waals surface area contributed by atoms with Crippen molar-refractivity contribution in [1.82, 2.24) is 10.2 Å². The number of nitrogens with one attached hydrogen (secondary N) is 1. The summed E-state index contributed by atoms with van der Waals surface area (Å²) in [5, 5.41) is 3.29. The molecule has 29 heavy (non-hydrogen) atoms. The lowest BCUT2D eigenvalue weighted by Gasteiger charge is -2.39. The Morgan fingerprint density at radius 2 is 2.07 bits per heavy atom. The fraction of sp³-hybridized carbons (Fsp3) is 0.650. The fourth-order valence-electron chi connectivity index (χ4n) is 3.04. The summed E-state index contributed by atoms with van der Waals surface area (Å²) in [7, 11) is -1.40. The molecule has 1 aromatic rings. The van der Waals surface area contributed by atoms with Gasteiger partial charge in [-0.15, -0.1) is 24.0 Å². The van der Waals surface area contributed by atoms with E-state index in [0.717, 1.165) is 30.2 Å². The summed E-state index contributed by atoms with van der Waals surface area (Å²) in [6.07, 6.45) is 0.844. The van der Waals surface area contributed by atoms with Gasteiger partial charge in [0.15, 0.2) is 15.8 Å². The third kappa shape index (κ3) is 7.60. The molecule has 166 valence electrons. The Bertz CT molecular complexity index is 769. The molecule has 1 heterocycles. The van der Waals surface area contributed by atoms with Crippen LogP contribution in [0.2, 0.25) is 0 Å². The molecule has 0 radical (unpaired) electrons. The van der Waals surface area contributed by atoms with Crippen LogP contribution >= 0.6 is 24.0 Å². The van der Waals surface area contributed by atoms with Gasteiger partial charge in [0.05, 0.1) is 23.7 Å². The van der Waals surface area contributed by atoms with Gasteiger partial charge in [-0.2, -0.15) is 0 Å². The quantitative estimate of drug-likeness (QED) is 0.237. The molecule has 0 bridgehead atoms. The van der Waals surface area contributed by atoms with Crippen LogP contribution in [-0.2, 0) is 21.1 Å². The maximum atomic E-state index is 12.3. The number of sulfone groups is 1. The molecule has 1 aliphatic rings. The normalized spacial score (nSPS) is 18.1. The van der Waals surface area contributed by atoms with Gasteiger partial charge < -0.3 is 19.7 Å².